The summed E-state index contributed by atoms with van der Waals surface area (Å²) >= 11 is 0. The molecule has 0 radical (unpaired) electrons. The average molecular weight is 471 g/mol. The van der Waals surface area contributed by atoms with Crippen molar-refractivity contribution in [3.63, 3.8) is 0 Å². The van der Waals surface area contributed by atoms with E-state index in [0.29, 0.717) is 41.8 Å². The van der Waals surface area contributed by atoms with Crippen molar-refractivity contribution >= 4 is 22.3 Å². The largest absolute Gasteiger partial charge is 0.332 e. The molecule has 12 heteroatoms. The first-order valence-electron chi connectivity index (χ1n) is 11.4. The molecular formula is C22H30N8O4. The van der Waals surface area contributed by atoms with Crippen LogP contribution in [0.15, 0.2) is 31.8 Å². The molecule has 4 aromatic heterocycles. The molecule has 0 spiro atoms. The summed E-state index contributed by atoms with van der Waals surface area (Å²) in [5.41, 5.74) is -0.0616. The van der Waals surface area contributed by atoms with Crippen LogP contribution in [-0.2, 0) is 40.8 Å². The molecule has 0 saturated carbocycles. The molecule has 0 amide bonds. The van der Waals surface area contributed by atoms with Gasteiger partial charge in [-0.05, 0) is 18.8 Å². The summed E-state index contributed by atoms with van der Waals surface area (Å²) in [6.45, 7) is 5.42. The maximum Gasteiger partial charge on any atom is 0.332 e. The fourth-order valence-electron chi connectivity index (χ4n) is 4.33. The van der Waals surface area contributed by atoms with Crippen molar-refractivity contribution in [2.75, 3.05) is 0 Å². The molecule has 0 bridgehead atoms. The number of aryl methyl sites for hydroxylation is 3. The molecule has 12 nitrogen and oxygen atoms in total. The maximum atomic E-state index is 13.2. The lowest BCUT2D eigenvalue weighted by Crippen LogP contribution is -2.40. The third-order valence-electron chi connectivity index (χ3n) is 6.43. The minimum atomic E-state index is -0.431. The highest BCUT2D eigenvalue weighted by molar-refractivity contribution is 5.70. The minimum Gasteiger partial charge on any atom is -0.325 e. The summed E-state index contributed by atoms with van der Waals surface area (Å²) in [6, 6.07) is 0. The fourth-order valence-corrected chi connectivity index (χ4v) is 4.33. The lowest BCUT2D eigenvalue weighted by molar-refractivity contribution is 0.412. The third-order valence-corrected chi connectivity index (χ3v) is 6.43. The maximum absolute atomic E-state index is 13.2. The van der Waals surface area contributed by atoms with Gasteiger partial charge < -0.3 is 9.13 Å². The predicted molar refractivity (Wildman–Crippen MR) is 128 cm³/mol. The van der Waals surface area contributed by atoms with Gasteiger partial charge >= 0.3 is 11.4 Å². The first-order chi connectivity index (χ1) is 16.2. The van der Waals surface area contributed by atoms with Crippen LogP contribution in [0.1, 0.15) is 33.1 Å². The Morgan fingerprint density at radius 2 is 1.38 bits per heavy atom. The number of hydrogen-bond acceptors (Lipinski definition) is 6. The first kappa shape index (κ1) is 23.5. The van der Waals surface area contributed by atoms with Gasteiger partial charge in [-0.1, -0.05) is 20.3 Å². The molecule has 0 aromatic carbocycles. The highest BCUT2D eigenvalue weighted by atomic mass is 16.2. The van der Waals surface area contributed by atoms with Crippen molar-refractivity contribution in [3.05, 3.63) is 54.3 Å². The van der Waals surface area contributed by atoms with Crippen LogP contribution < -0.4 is 22.5 Å². The van der Waals surface area contributed by atoms with Gasteiger partial charge in [-0.25, -0.2) is 19.6 Å². The van der Waals surface area contributed by atoms with Crippen molar-refractivity contribution in [2.24, 2.45) is 27.1 Å². The minimum absolute atomic E-state index is 0.0247. The van der Waals surface area contributed by atoms with Gasteiger partial charge in [0.2, 0.25) is 0 Å². The fraction of sp³-hybridized carbons (Fsp3) is 0.545. The van der Waals surface area contributed by atoms with Gasteiger partial charge in [0.05, 0.1) is 12.7 Å². The molecule has 0 fully saturated rings. The summed E-state index contributed by atoms with van der Waals surface area (Å²) in [6.07, 6.45) is 5.60. The van der Waals surface area contributed by atoms with E-state index in [0.717, 1.165) is 17.4 Å². The van der Waals surface area contributed by atoms with Crippen molar-refractivity contribution in [3.8, 4) is 0 Å². The second-order valence-electron chi connectivity index (χ2n) is 8.93. The Kier molecular flexibility index (Phi) is 6.15. The molecule has 0 saturated heterocycles. The molecule has 1 unspecified atom stereocenters. The Hall–Kier alpha value is -3.70. The lowest BCUT2D eigenvalue weighted by Gasteiger charge is -2.15. The lowest BCUT2D eigenvalue weighted by atomic mass is 10.1. The number of hydrogen-bond donors (Lipinski definition) is 0. The second kappa shape index (κ2) is 8.92. The van der Waals surface area contributed by atoms with Crippen molar-refractivity contribution < 1.29 is 0 Å². The predicted octanol–water partition coefficient (Wildman–Crippen LogP) is 0.170. The van der Waals surface area contributed by atoms with Crippen LogP contribution in [-0.4, -0.2) is 37.4 Å². The molecule has 4 aromatic rings. The summed E-state index contributed by atoms with van der Waals surface area (Å²) in [5, 5.41) is 0. The molecule has 0 N–H and O–H groups in total. The van der Waals surface area contributed by atoms with Gasteiger partial charge in [-0.15, -0.1) is 0 Å². The van der Waals surface area contributed by atoms with E-state index < -0.39 is 16.9 Å². The van der Waals surface area contributed by atoms with Crippen LogP contribution in [0, 0.1) is 5.92 Å². The van der Waals surface area contributed by atoms with Crippen molar-refractivity contribution in [1.82, 2.24) is 37.4 Å². The zero-order valence-corrected chi connectivity index (χ0v) is 20.2. The Bertz CT molecular complexity index is 1610. The van der Waals surface area contributed by atoms with Gasteiger partial charge in [0.25, 0.3) is 11.1 Å². The van der Waals surface area contributed by atoms with Gasteiger partial charge in [0.15, 0.2) is 22.3 Å². The van der Waals surface area contributed by atoms with E-state index in [9.17, 15) is 19.2 Å². The number of aromatic nitrogens is 8. The average Bonchev–Trinajstić information content (AvgIpc) is 3.43. The molecule has 0 aliphatic heterocycles. The molecule has 182 valence electrons. The zero-order chi connectivity index (χ0) is 24.7. The normalized spacial score (nSPS) is 12.7. The van der Waals surface area contributed by atoms with E-state index in [2.05, 4.69) is 16.9 Å². The highest BCUT2D eigenvalue weighted by Crippen LogP contribution is 2.13. The van der Waals surface area contributed by atoms with E-state index in [-0.39, 0.29) is 18.0 Å². The van der Waals surface area contributed by atoms with Gasteiger partial charge in [-0.3, -0.25) is 27.9 Å². The van der Waals surface area contributed by atoms with Crippen LogP contribution >= 0.6 is 0 Å². The Labute approximate surface area is 194 Å². The van der Waals surface area contributed by atoms with Crippen molar-refractivity contribution in [2.45, 2.75) is 52.7 Å². The number of rotatable bonds is 8. The smallest absolute Gasteiger partial charge is 0.325 e. The highest BCUT2D eigenvalue weighted by Gasteiger charge is 2.18. The second-order valence-corrected chi connectivity index (χ2v) is 8.93. The number of nitrogens with zero attached hydrogens (tertiary/aromatic N) is 8. The topological polar surface area (TPSA) is 124 Å². The standard InChI is InChI=1S/C22H30N8O4/c1-6-7-9-28-12-23-18-16(28)20(32)30(22(34)26(18)4)10-8-14(2)11-29-13-24-17-15(29)19(31)27(5)21(33)25(17)3/h12-14H,6-11H2,1-5H3. The summed E-state index contributed by atoms with van der Waals surface area (Å²) < 4.78 is 8.63. The van der Waals surface area contributed by atoms with Crippen molar-refractivity contribution in [1.29, 1.82) is 0 Å². The van der Waals surface area contributed by atoms with E-state index in [1.807, 2.05) is 11.5 Å². The van der Waals surface area contributed by atoms with E-state index in [1.54, 1.807) is 31.3 Å². The van der Waals surface area contributed by atoms with Crippen LogP contribution in [0.5, 0.6) is 0 Å². The summed E-state index contributed by atoms with van der Waals surface area (Å²) in [7, 11) is 4.64. The third kappa shape index (κ3) is 3.72. The quantitative estimate of drug-likeness (QED) is 0.362. The molecule has 34 heavy (non-hydrogen) atoms. The molecule has 0 aliphatic carbocycles. The number of unbranched alkanes of at least 4 members (excludes halogenated alkanes) is 1. The Morgan fingerprint density at radius 1 is 0.794 bits per heavy atom. The Balaban J connectivity index is 1.62. The zero-order valence-electron chi connectivity index (χ0n) is 20.2. The summed E-state index contributed by atoms with van der Waals surface area (Å²) in [4.78, 5) is 59.4. The van der Waals surface area contributed by atoms with Gasteiger partial charge in [0, 0.05) is 40.8 Å². The van der Waals surface area contributed by atoms with E-state index in [1.165, 1.54) is 20.7 Å². The molecular weight excluding hydrogens is 440 g/mol. The van der Waals surface area contributed by atoms with Crippen LogP contribution in [0.2, 0.25) is 0 Å². The molecule has 4 heterocycles. The van der Waals surface area contributed by atoms with E-state index >= 15 is 0 Å². The van der Waals surface area contributed by atoms with Crippen LogP contribution in [0.3, 0.4) is 0 Å². The van der Waals surface area contributed by atoms with Gasteiger partial charge in [0.1, 0.15) is 0 Å². The van der Waals surface area contributed by atoms with Crippen LogP contribution in [0.4, 0.5) is 0 Å². The summed E-state index contributed by atoms with van der Waals surface area (Å²) in [5.74, 6) is 0.0247. The SMILES string of the molecule is CCCCn1cnc2c1c(=O)n(CCC(C)Cn1cnc3c1c(=O)n(C)c(=O)n3C)c(=O)n2C. The molecule has 4 rings (SSSR count). The number of imidazole rings is 2. The molecule has 1 atom stereocenters. The Morgan fingerprint density at radius 3 is 2.03 bits per heavy atom. The molecule has 0 aliphatic rings. The van der Waals surface area contributed by atoms with E-state index in [4.69, 9.17) is 0 Å². The van der Waals surface area contributed by atoms with Crippen LogP contribution in [0.25, 0.3) is 22.3 Å². The first-order valence-corrected chi connectivity index (χ1v) is 11.4. The van der Waals surface area contributed by atoms with Gasteiger partial charge in [-0.2, -0.15) is 0 Å². The number of fused-ring (bicyclic) bond motifs is 2. The monoisotopic (exact) mass is 470 g/mol.